The predicted octanol–water partition coefficient (Wildman–Crippen LogP) is 4.65. The average molecular weight is 511 g/mol. The molecule has 0 saturated carbocycles. The Morgan fingerprint density at radius 1 is 0.972 bits per heavy atom. The number of benzene rings is 3. The van der Waals surface area contributed by atoms with Gasteiger partial charge in [0.2, 0.25) is 0 Å². The third-order valence-corrected chi connectivity index (χ3v) is 7.00. The fourth-order valence-electron chi connectivity index (χ4n) is 3.60. The van der Waals surface area contributed by atoms with Gasteiger partial charge in [0.05, 0.1) is 22.7 Å². The first-order chi connectivity index (χ1) is 17.1. The van der Waals surface area contributed by atoms with Gasteiger partial charge in [-0.1, -0.05) is 29.8 Å². The summed E-state index contributed by atoms with van der Waals surface area (Å²) in [5.74, 6) is -1.18. The van der Waals surface area contributed by atoms with E-state index >= 15 is 0 Å². The number of carbonyl (C=O) groups is 1. The highest BCUT2D eigenvalue weighted by atomic mass is 32.2. The first-order valence-corrected chi connectivity index (χ1v) is 12.5. The number of sulfonamides is 1. The molecule has 0 atom stereocenters. The van der Waals surface area contributed by atoms with Crippen molar-refractivity contribution in [3.8, 4) is 0 Å². The van der Waals surface area contributed by atoms with Gasteiger partial charge in [-0.15, -0.1) is 0 Å². The van der Waals surface area contributed by atoms with E-state index in [1.807, 2.05) is 6.92 Å². The van der Waals surface area contributed by atoms with E-state index in [0.717, 1.165) is 17.7 Å². The Kier molecular flexibility index (Phi) is 7.16. The first-order valence-electron chi connectivity index (χ1n) is 11.0. The summed E-state index contributed by atoms with van der Waals surface area (Å²) >= 11 is 0. The van der Waals surface area contributed by atoms with Crippen LogP contribution in [0.2, 0.25) is 0 Å². The number of nitrogens with zero attached hydrogens (tertiary/aromatic N) is 3. The molecule has 0 spiro atoms. The number of aromatic nitrogens is 2. The highest BCUT2D eigenvalue weighted by molar-refractivity contribution is 7.92. The molecule has 1 N–H and O–H groups in total. The Labute approximate surface area is 208 Å². The van der Waals surface area contributed by atoms with Gasteiger partial charge < -0.3 is 9.47 Å². The van der Waals surface area contributed by atoms with Gasteiger partial charge in [-0.2, -0.15) is 0 Å². The van der Waals surface area contributed by atoms with Crippen LogP contribution < -0.4 is 4.72 Å². The van der Waals surface area contributed by atoms with Crippen molar-refractivity contribution >= 4 is 21.6 Å². The van der Waals surface area contributed by atoms with E-state index in [9.17, 15) is 22.0 Å². The molecule has 0 bridgehead atoms. The predicted molar refractivity (Wildman–Crippen MR) is 132 cm³/mol. The molecule has 36 heavy (non-hydrogen) atoms. The van der Waals surface area contributed by atoms with Crippen LogP contribution in [0.15, 0.2) is 84.0 Å². The quantitative estimate of drug-likeness (QED) is 0.374. The minimum atomic E-state index is -4.05. The van der Waals surface area contributed by atoms with E-state index in [4.69, 9.17) is 0 Å². The summed E-state index contributed by atoms with van der Waals surface area (Å²) < 4.78 is 57.8. The van der Waals surface area contributed by atoms with E-state index < -0.39 is 27.6 Å². The second-order valence-corrected chi connectivity index (χ2v) is 10.0. The monoisotopic (exact) mass is 510 g/mol. The Morgan fingerprint density at radius 2 is 1.64 bits per heavy atom. The van der Waals surface area contributed by atoms with Gasteiger partial charge in [0.15, 0.2) is 0 Å². The molecule has 4 aromatic rings. The molecule has 1 aromatic heterocycles. The fourth-order valence-corrected chi connectivity index (χ4v) is 4.68. The minimum absolute atomic E-state index is 0.00648. The van der Waals surface area contributed by atoms with Crippen molar-refractivity contribution in [1.29, 1.82) is 0 Å². The molecule has 1 amide bonds. The number of hydrogen-bond acceptors (Lipinski definition) is 4. The van der Waals surface area contributed by atoms with Crippen molar-refractivity contribution in [3.05, 3.63) is 113 Å². The number of hydrogen-bond donors (Lipinski definition) is 1. The summed E-state index contributed by atoms with van der Waals surface area (Å²) in [7, 11) is -2.28. The van der Waals surface area contributed by atoms with E-state index in [-0.39, 0.29) is 29.2 Å². The first kappa shape index (κ1) is 25.1. The lowest BCUT2D eigenvalue weighted by atomic mass is 10.1. The van der Waals surface area contributed by atoms with Crippen molar-refractivity contribution in [1.82, 2.24) is 14.5 Å². The Balaban J connectivity index is 1.70. The maximum Gasteiger partial charge on any atom is 0.261 e. The molecular weight excluding hydrogens is 486 g/mol. The second kappa shape index (κ2) is 10.3. The van der Waals surface area contributed by atoms with E-state index in [0.29, 0.717) is 11.4 Å². The molecule has 10 heteroatoms. The van der Waals surface area contributed by atoms with Crippen LogP contribution in [-0.4, -0.2) is 28.8 Å². The van der Waals surface area contributed by atoms with Crippen molar-refractivity contribution in [2.45, 2.75) is 24.9 Å². The molecular formula is C26H24F2N4O3S. The summed E-state index contributed by atoms with van der Waals surface area (Å²) in [6.45, 7) is 1.95. The van der Waals surface area contributed by atoms with Crippen LogP contribution in [0.25, 0.3) is 0 Å². The zero-order valence-electron chi connectivity index (χ0n) is 19.7. The van der Waals surface area contributed by atoms with Gasteiger partial charge in [-0.3, -0.25) is 9.52 Å². The van der Waals surface area contributed by atoms with Gasteiger partial charge in [-0.05, 0) is 55.0 Å². The third kappa shape index (κ3) is 5.77. The topological polar surface area (TPSA) is 84.3 Å². The maximum absolute atomic E-state index is 14.3. The van der Waals surface area contributed by atoms with Crippen LogP contribution in [0.1, 0.15) is 27.3 Å². The molecule has 0 aliphatic rings. The second-order valence-electron chi connectivity index (χ2n) is 8.35. The molecule has 0 unspecified atom stereocenters. The number of anilines is 1. The zero-order valence-corrected chi connectivity index (χ0v) is 20.5. The number of nitrogens with one attached hydrogen (secondary N) is 1. The number of rotatable bonds is 8. The molecule has 186 valence electrons. The molecule has 0 saturated heterocycles. The normalized spacial score (nSPS) is 11.3. The summed E-state index contributed by atoms with van der Waals surface area (Å²) in [5, 5.41) is 0. The minimum Gasteiger partial charge on any atom is -0.337 e. The van der Waals surface area contributed by atoms with Crippen LogP contribution in [0.3, 0.4) is 0 Å². The molecule has 0 fully saturated rings. The largest absolute Gasteiger partial charge is 0.337 e. The van der Waals surface area contributed by atoms with Crippen molar-refractivity contribution in [2.75, 3.05) is 4.72 Å². The van der Waals surface area contributed by atoms with Crippen LogP contribution in [0.5, 0.6) is 0 Å². The zero-order chi connectivity index (χ0) is 25.9. The van der Waals surface area contributed by atoms with E-state index in [1.54, 1.807) is 48.3 Å². The van der Waals surface area contributed by atoms with Crippen LogP contribution in [0, 0.1) is 18.6 Å². The van der Waals surface area contributed by atoms with Gasteiger partial charge in [0.1, 0.15) is 17.5 Å². The molecule has 4 rings (SSSR count). The Hall–Kier alpha value is -4.05. The lowest BCUT2D eigenvalue weighted by Gasteiger charge is -2.24. The Bertz CT molecular complexity index is 1480. The number of halogens is 2. The van der Waals surface area contributed by atoms with Gasteiger partial charge in [-0.25, -0.2) is 22.2 Å². The molecule has 1 heterocycles. The molecule has 3 aromatic carbocycles. The summed E-state index contributed by atoms with van der Waals surface area (Å²) in [6, 6.07) is 15.1. The van der Waals surface area contributed by atoms with Crippen molar-refractivity contribution in [2.24, 2.45) is 7.05 Å². The van der Waals surface area contributed by atoms with Gasteiger partial charge >= 0.3 is 0 Å². The third-order valence-electron chi connectivity index (χ3n) is 5.61. The molecule has 0 radical (unpaired) electrons. The SMILES string of the molecule is Cc1ccc(S(=O)(=O)Nc2ccc(F)cc2C(=O)N(Cc2ccc(F)cc2)Cc2nccn2C)cc1. The Morgan fingerprint density at radius 3 is 2.28 bits per heavy atom. The molecule has 7 nitrogen and oxygen atoms in total. The van der Waals surface area contributed by atoms with E-state index in [1.165, 1.54) is 35.2 Å². The standard InChI is InChI=1S/C26H24F2N4O3S/c1-18-3-10-22(11-4-18)36(34,35)30-24-12-9-21(28)15-23(24)26(33)32(17-25-29-13-14-31(25)2)16-19-5-7-20(27)8-6-19/h3-15,30H,16-17H2,1-2H3. The number of carbonyl (C=O) groups excluding carboxylic acids is 1. The van der Waals surface area contributed by atoms with Crippen LogP contribution >= 0.6 is 0 Å². The number of imidazole rings is 1. The van der Waals surface area contributed by atoms with Crippen molar-refractivity contribution in [3.63, 3.8) is 0 Å². The lowest BCUT2D eigenvalue weighted by Crippen LogP contribution is -2.32. The fraction of sp³-hybridized carbons (Fsp3) is 0.154. The smallest absolute Gasteiger partial charge is 0.261 e. The van der Waals surface area contributed by atoms with Gasteiger partial charge in [0.25, 0.3) is 15.9 Å². The highest BCUT2D eigenvalue weighted by Gasteiger charge is 2.24. The van der Waals surface area contributed by atoms with Gasteiger partial charge in [0, 0.05) is 26.0 Å². The summed E-state index contributed by atoms with van der Waals surface area (Å²) in [5.41, 5.74) is 1.29. The van der Waals surface area contributed by atoms with E-state index in [2.05, 4.69) is 9.71 Å². The number of amides is 1. The van der Waals surface area contributed by atoms with Crippen LogP contribution in [0.4, 0.5) is 14.5 Å². The summed E-state index contributed by atoms with van der Waals surface area (Å²) in [4.78, 5) is 19.4. The van der Waals surface area contributed by atoms with Crippen LogP contribution in [-0.2, 0) is 30.2 Å². The van der Waals surface area contributed by atoms with Crippen molar-refractivity contribution < 1.29 is 22.0 Å². The lowest BCUT2D eigenvalue weighted by molar-refractivity contribution is 0.0724. The highest BCUT2D eigenvalue weighted by Crippen LogP contribution is 2.25. The number of aryl methyl sites for hydroxylation is 2. The summed E-state index contributed by atoms with van der Waals surface area (Å²) in [6.07, 6.45) is 3.30. The molecule has 0 aliphatic carbocycles. The maximum atomic E-state index is 14.3. The average Bonchev–Trinajstić information content (AvgIpc) is 3.25. The molecule has 0 aliphatic heterocycles.